The Hall–Kier alpha value is -1.73. The molecule has 21 heavy (non-hydrogen) atoms. The van der Waals surface area contributed by atoms with Crippen molar-refractivity contribution in [3.05, 3.63) is 40.1 Å². The second kappa shape index (κ2) is 5.95. The highest BCUT2D eigenvalue weighted by Crippen LogP contribution is 2.17. The molecule has 0 fully saturated rings. The predicted octanol–water partition coefficient (Wildman–Crippen LogP) is 1.81. The van der Waals surface area contributed by atoms with Crippen LogP contribution >= 0.6 is 15.9 Å². The average Bonchev–Trinajstić information content (AvgIpc) is 2.80. The van der Waals surface area contributed by atoms with Crippen molar-refractivity contribution in [2.75, 3.05) is 6.54 Å². The van der Waals surface area contributed by atoms with Crippen molar-refractivity contribution in [1.82, 2.24) is 20.3 Å². The normalized spacial score (nSPS) is 11.5. The Morgan fingerprint density at radius 3 is 2.81 bits per heavy atom. The molecule has 3 N–H and O–H groups in total. The molecule has 2 rings (SSSR count). The molecule has 0 unspecified atom stereocenters. The van der Waals surface area contributed by atoms with Gasteiger partial charge in [-0.05, 0) is 39.0 Å². The van der Waals surface area contributed by atoms with Crippen molar-refractivity contribution in [2.24, 2.45) is 5.73 Å². The quantitative estimate of drug-likeness (QED) is 0.879. The number of halogens is 1. The van der Waals surface area contributed by atoms with Crippen molar-refractivity contribution in [3.8, 4) is 5.69 Å². The first-order chi connectivity index (χ1) is 9.84. The van der Waals surface area contributed by atoms with Crippen LogP contribution in [0, 0.1) is 6.92 Å². The van der Waals surface area contributed by atoms with Crippen molar-refractivity contribution in [3.63, 3.8) is 0 Å². The van der Waals surface area contributed by atoms with Crippen LogP contribution in [-0.2, 0) is 0 Å². The van der Waals surface area contributed by atoms with Crippen LogP contribution in [-0.4, -0.2) is 33.0 Å². The Morgan fingerprint density at radius 1 is 1.48 bits per heavy atom. The molecule has 0 bridgehead atoms. The van der Waals surface area contributed by atoms with Gasteiger partial charge in [-0.25, -0.2) is 4.68 Å². The van der Waals surface area contributed by atoms with Crippen LogP contribution in [0.2, 0.25) is 0 Å². The summed E-state index contributed by atoms with van der Waals surface area (Å²) in [5, 5.41) is 10.9. The van der Waals surface area contributed by atoms with E-state index in [0.29, 0.717) is 17.9 Å². The number of carbonyl (C=O) groups excluding carboxylic acids is 1. The molecule has 1 amide bonds. The Labute approximate surface area is 131 Å². The van der Waals surface area contributed by atoms with Crippen LogP contribution in [0.3, 0.4) is 0 Å². The van der Waals surface area contributed by atoms with Crippen LogP contribution in [0.25, 0.3) is 5.69 Å². The van der Waals surface area contributed by atoms with Crippen molar-refractivity contribution in [1.29, 1.82) is 0 Å². The molecule has 0 saturated carbocycles. The van der Waals surface area contributed by atoms with Gasteiger partial charge in [0.25, 0.3) is 5.91 Å². The number of amides is 1. The van der Waals surface area contributed by atoms with Crippen LogP contribution in [0.5, 0.6) is 0 Å². The van der Waals surface area contributed by atoms with Crippen LogP contribution in [0.15, 0.2) is 28.7 Å². The van der Waals surface area contributed by atoms with Crippen LogP contribution in [0.4, 0.5) is 0 Å². The minimum atomic E-state index is -0.483. The van der Waals surface area contributed by atoms with Gasteiger partial charge in [-0.3, -0.25) is 4.79 Å². The van der Waals surface area contributed by atoms with E-state index < -0.39 is 5.54 Å². The lowest BCUT2D eigenvalue weighted by Crippen LogP contribution is -2.49. The Morgan fingerprint density at radius 2 is 2.19 bits per heavy atom. The number of benzene rings is 1. The van der Waals surface area contributed by atoms with E-state index in [1.165, 1.54) is 0 Å². The van der Waals surface area contributed by atoms with Gasteiger partial charge in [0.05, 0.1) is 11.4 Å². The van der Waals surface area contributed by atoms with Gasteiger partial charge in [0, 0.05) is 16.6 Å². The summed E-state index contributed by atoms with van der Waals surface area (Å²) in [6.45, 7) is 5.88. The summed E-state index contributed by atoms with van der Waals surface area (Å²) in [4.78, 5) is 12.3. The number of rotatable bonds is 4. The lowest BCUT2D eigenvalue weighted by Gasteiger charge is -2.23. The molecular weight excluding hydrogens is 334 g/mol. The molecule has 0 spiro atoms. The van der Waals surface area contributed by atoms with E-state index in [1.54, 1.807) is 4.68 Å². The maximum Gasteiger partial charge on any atom is 0.274 e. The summed E-state index contributed by atoms with van der Waals surface area (Å²) in [5.74, 6) is -0.274. The van der Waals surface area contributed by atoms with Gasteiger partial charge >= 0.3 is 0 Å². The number of nitrogens with zero attached hydrogens (tertiary/aromatic N) is 3. The van der Waals surface area contributed by atoms with Gasteiger partial charge < -0.3 is 11.1 Å². The summed E-state index contributed by atoms with van der Waals surface area (Å²) in [6, 6.07) is 7.64. The van der Waals surface area contributed by atoms with Crippen LogP contribution in [0.1, 0.15) is 30.0 Å². The number of carbonyl (C=O) groups is 1. The van der Waals surface area contributed by atoms with Gasteiger partial charge in [-0.15, -0.1) is 5.10 Å². The van der Waals surface area contributed by atoms with E-state index in [1.807, 2.05) is 45.0 Å². The van der Waals surface area contributed by atoms with E-state index in [0.717, 1.165) is 10.2 Å². The van der Waals surface area contributed by atoms with Gasteiger partial charge in [0.15, 0.2) is 5.69 Å². The molecule has 1 aromatic heterocycles. The van der Waals surface area contributed by atoms with Crippen molar-refractivity contribution < 1.29 is 4.79 Å². The molecular formula is C14H18BrN5O. The number of hydrogen-bond acceptors (Lipinski definition) is 4. The van der Waals surface area contributed by atoms with Gasteiger partial charge in [0.2, 0.25) is 0 Å². The molecule has 1 heterocycles. The minimum absolute atomic E-state index is 0.274. The second-order valence-corrected chi connectivity index (χ2v) is 6.37. The van der Waals surface area contributed by atoms with Gasteiger partial charge in [-0.2, -0.15) is 0 Å². The lowest BCUT2D eigenvalue weighted by molar-refractivity contribution is 0.0910. The zero-order chi connectivity index (χ0) is 15.6. The monoisotopic (exact) mass is 351 g/mol. The molecule has 112 valence electrons. The third-order valence-electron chi connectivity index (χ3n) is 3.12. The summed E-state index contributed by atoms with van der Waals surface area (Å²) in [5.41, 5.74) is 6.96. The fourth-order valence-electron chi connectivity index (χ4n) is 1.81. The molecule has 0 radical (unpaired) electrons. The topological polar surface area (TPSA) is 85.8 Å². The largest absolute Gasteiger partial charge is 0.344 e. The molecule has 0 aliphatic heterocycles. The van der Waals surface area contributed by atoms with Crippen molar-refractivity contribution >= 4 is 21.8 Å². The third kappa shape index (κ3) is 3.48. The fourth-order valence-corrected chi connectivity index (χ4v) is 2.20. The predicted molar refractivity (Wildman–Crippen MR) is 84.4 cm³/mol. The molecule has 0 saturated heterocycles. The zero-order valence-corrected chi connectivity index (χ0v) is 13.8. The Bertz CT molecular complexity index is 665. The standard InChI is InChI=1S/C14H18BrN5O/c1-9-12(13(21)17-14(2,3)8-16)18-19-20(9)11-6-4-5-10(15)7-11/h4-7H,8,16H2,1-3H3,(H,17,21). The molecule has 0 atom stereocenters. The number of nitrogens with two attached hydrogens (primary N) is 1. The number of nitrogens with one attached hydrogen (secondary N) is 1. The molecule has 7 heteroatoms. The van der Waals surface area contributed by atoms with Crippen LogP contribution < -0.4 is 11.1 Å². The first-order valence-electron chi connectivity index (χ1n) is 6.55. The third-order valence-corrected chi connectivity index (χ3v) is 3.62. The number of aromatic nitrogens is 3. The Kier molecular flexibility index (Phi) is 4.43. The van der Waals surface area contributed by atoms with Gasteiger partial charge in [-0.1, -0.05) is 27.2 Å². The fraction of sp³-hybridized carbons (Fsp3) is 0.357. The highest BCUT2D eigenvalue weighted by Gasteiger charge is 2.23. The molecule has 0 aliphatic carbocycles. The van der Waals surface area contributed by atoms with Crippen molar-refractivity contribution in [2.45, 2.75) is 26.3 Å². The van der Waals surface area contributed by atoms with E-state index in [9.17, 15) is 4.79 Å². The summed E-state index contributed by atoms with van der Waals surface area (Å²) < 4.78 is 2.57. The zero-order valence-electron chi connectivity index (χ0n) is 12.2. The molecule has 6 nitrogen and oxygen atoms in total. The Balaban J connectivity index is 2.31. The van der Waals surface area contributed by atoms with E-state index in [2.05, 4.69) is 31.6 Å². The highest BCUT2D eigenvalue weighted by atomic mass is 79.9. The average molecular weight is 352 g/mol. The highest BCUT2D eigenvalue weighted by molar-refractivity contribution is 9.10. The lowest BCUT2D eigenvalue weighted by atomic mass is 10.1. The minimum Gasteiger partial charge on any atom is -0.344 e. The first-order valence-corrected chi connectivity index (χ1v) is 7.34. The number of hydrogen-bond donors (Lipinski definition) is 2. The first kappa shape index (κ1) is 15.7. The van der Waals surface area contributed by atoms with Gasteiger partial charge in [0.1, 0.15) is 0 Å². The van der Waals surface area contributed by atoms with E-state index in [-0.39, 0.29) is 5.91 Å². The molecule has 2 aromatic rings. The maximum absolute atomic E-state index is 12.3. The van der Waals surface area contributed by atoms with E-state index in [4.69, 9.17) is 5.73 Å². The molecule has 0 aliphatic rings. The summed E-state index contributed by atoms with van der Waals surface area (Å²) in [7, 11) is 0. The smallest absolute Gasteiger partial charge is 0.274 e. The maximum atomic E-state index is 12.3. The SMILES string of the molecule is Cc1c(C(=O)NC(C)(C)CN)nnn1-c1cccc(Br)c1. The summed E-state index contributed by atoms with van der Waals surface area (Å²) >= 11 is 3.41. The van der Waals surface area contributed by atoms with E-state index >= 15 is 0 Å². The summed E-state index contributed by atoms with van der Waals surface area (Å²) in [6.07, 6.45) is 0. The molecule has 1 aromatic carbocycles. The second-order valence-electron chi connectivity index (χ2n) is 5.46.